The van der Waals surface area contributed by atoms with Gasteiger partial charge in [-0.1, -0.05) is 41.7 Å². The number of aromatic nitrogens is 4. The van der Waals surface area contributed by atoms with E-state index in [1.807, 2.05) is 24.4 Å². The Morgan fingerprint density at radius 2 is 2.00 bits per heavy atom. The highest BCUT2D eigenvalue weighted by molar-refractivity contribution is 7.18. The number of fused-ring (bicyclic) bond motifs is 2. The summed E-state index contributed by atoms with van der Waals surface area (Å²) in [5.74, 6) is 0.379. The highest BCUT2D eigenvalue weighted by atomic mass is 32.1. The Hall–Kier alpha value is -2.54. The molecule has 1 aromatic carbocycles. The van der Waals surface area contributed by atoms with Crippen LogP contribution in [0.2, 0.25) is 0 Å². The molecule has 0 bridgehead atoms. The normalized spacial score (nSPS) is 21.9. The maximum atomic E-state index is 5.88. The van der Waals surface area contributed by atoms with Gasteiger partial charge in [0.05, 0.1) is 5.69 Å². The van der Waals surface area contributed by atoms with Gasteiger partial charge in [-0.05, 0) is 31.2 Å². The van der Waals surface area contributed by atoms with E-state index in [4.69, 9.17) is 5.73 Å². The maximum Gasteiger partial charge on any atom is 0.220 e. The number of aryl methyl sites for hydroxylation is 1. The third kappa shape index (κ3) is 2.54. The van der Waals surface area contributed by atoms with Crippen molar-refractivity contribution in [2.75, 3.05) is 23.7 Å². The van der Waals surface area contributed by atoms with E-state index < -0.39 is 0 Å². The SMILES string of the molecule is Nc1ncc2c(n1)C1(CCCN(c3nnc(-c4ccccc4)s3)C1)CC2. The number of nitrogens with two attached hydrogens (primary N) is 1. The van der Waals surface area contributed by atoms with Gasteiger partial charge in [-0.25, -0.2) is 9.97 Å². The largest absolute Gasteiger partial charge is 0.368 e. The van der Waals surface area contributed by atoms with Gasteiger partial charge >= 0.3 is 0 Å². The van der Waals surface area contributed by atoms with Crippen molar-refractivity contribution < 1.29 is 0 Å². The fourth-order valence-corrected chi connectivity index (χ4v) is 5.16. The highest BCUT2D eigenvalue weighted by Crippen LogP contribution is 2.45. The summed E-state index contributed by atoms with van der Waals surface area (Å²) in [7, 11) is 0. The van der Waals surface area contributed by atoms with Crippen molar-refractivity contribution in [2.24, 2.45) is 0 Å². The Morgan fingerprint density at radius 3 is 2.88 bits per heavy atom. The third-order valence-electron chi connectivity index (χ3n) is 5.54. The van der Waals surface area contributed by atoms with Crippen LogP contribution < -0.4 is 10.6 Å². The van der Waals surface area contributed by atoms with Gasteiger partial charge in [-0.3, -0.25) is 0 Å². The average Bonchev–Trinajstić information content (AvgIpc) is 3.29. The number of nitrogens with zero attached hydrogens (tertiary/aromatic N) is 5. The zero-order chi connectivity index (χ0) is 17.6. The number of rotatable bonds is 2. The lowest BCUT2D eigenvalue weighted by Crippen LogP contribution is -2.45. The van der Waals surface area contributed by atoms with Crippen molar-refractivity contribution >= 4 is 22.4 Å². The molecule has 0 radical (unpaired) electrons. The van der Waals surface area contributed by atoms with E-state index in [1.54, 1.807) is 11.3 Å². The van der Waals surface area contributed by atoms with Crippen LogP contribution in [0.25, 0.3) is 10.6 Å². The molecule has 1 fully saturated rings. The second-order valence-electron chi connectivity index (χ2n) is 7.16. The average molecular weight is 364 g/mol. The van der Waals surface area contributed by atoms with Crippen molar-refractivity contribution in [2.45, 2.75) is 31.1 Å². The molecule has 3 aromatic rings. The molecule has 1 aliphatic heterocycles. The topological polar surface area (TPSA) is 80.8 Å². The summed E-state index contributed by atoms with van der Waals surface area (Å²) < 4.78 is 0. The van der Waals surface area contributed by atoms with Gasteiger partial charge in [0.25, 0.3) is 0 Å². The van der Waals surface area contributed by atoms with Crippen molar-refractivity contribution in [3.8, 4) is 10.6 Å². The van der Waals surface area contributed by atoms with Crippen molar-refractivity contribution in [1.82, 2.24) is 20.2 Å². The number of benzene rings is 1. The molecule has 1 spiro atoms. The number of hydrogen-bond donors (Lipinski definition) is 1. The molecule has 6 nitrogen and oxygen atoms in total. The molecule has 2 N–H and O–H groups in total. The molecule has 5 rings (SSSR count). The van der Waals surface area contributed by atoms with E-state index >= 15 is 0 Å². The fraction of sp³-hybridized carbons (Fsp3) is 0.368. The molecule has 2 aromatic heterocycles. The van der Waals surface area contributed by atoms with Gasteiger partial charge in [-0.2, -0.15) is 0 Å². The van der Waals surface area contributed by atoms with Crippen molar-refractivity contribution in [3.05, 3.63) is 47.8 Å². The minimum atomic E-state index is 0.0726. The molecule has 1 aliphatic carbocycles. The number of hydrogen-bond acceptors (Lipinski definition) is 7. The highest BCUT2D eigenvalue weighted by Gasteiger charge is 2.44. The van der Waals surface area contributed by atoms with Gasteiger partial charge < -0.3 is 10.6 Å². The molecular formula is C19H20N6S. The van der Waals surface area contributed by atoms with Gasteiger partial charge in [0.2, 0.25) is 11.1 Å². The quantitative estimate of drug-likeness (QED) is 0.753. The summed E-state index contributed by atoms with van der Waals surface area (Å²) in [5, 5.41) is 10.9. The van der Waals surface area contributed by atoms with Gasteiger partial charge in [0, 0.05) is 30.3 Å². The van der Waals surface area contributed by atoms with Gasteiger partial charge in [0.1, 0.15) is 5.01 Å². The van der Waals surface area contributed by atoms with E-state index in [9.17, 15) is 0 Å². The van der Waals surface area contributed by atoms with Crippen LogP contribution in [-0.2, 0) is 11.8 Å². The first-order chi connectivity index (χ1) is 12.7. The number of anilines is 2. The summed E-state index contributed by atoms with van der Waals surface area (Å²) in [6.07, 6.45) is 6.33. The second kappa shape index (κ2) is 6.02. The zero-order valence-corrected chi connectivity index (χ0v) is 15.2. The van der Waals surface area contributed by atoms with E-state index in [2.05, 4.69) is 37.2 Å². The summed E-state index contributed by atoms with van der Waals surface area (Å²) in [6.45, 7) is 1.95. The van der Waals surface area contributed by atoms with E-state index in [0.29, 0.717) is 5.95 Å². The molecule has 1 atom stereocenters. The summed E-state index contributed by atoms with van der Waals surface area (Å²) in [5.41, 5.74) is 9.48. The standard InChI is InChI=1S/C19H20N6S/c20-17-21-11-14-7-9-19(15(14)22-17)8-4-10-25(12-19)18-24-23-16(26-18)13-5-2-1-3-6-13/h1-3,5-6,11H,4,7-10,12H2,(H2,20,21,22). The lowest BCUT2D eigenvalue weighted by Gasteiger charge is -2.40. The zero-order valence-electron chi connectivity index (χ0n) is 14.4. The first-order valence-corrected chi connectivity index (χ1v) is 9.81. The summed E-state index contributed by atoms with van der Waals surface area (Å²) in [6, 6.07) is 10.2. The van der Waals surface area contributed by atoms with Crippen LogP contribution in [0.3, 0.4) is 0 Å². The van der Waals surface area contributed by atoms with Crippen LogP contribution in [0.15, 0.2) is 36.5 Å². The molecule has 7 heteroatoms. The van der Waals surface area contributed by atoms with Crippen molar-refractivity contribution in [3.63, 3.8) is 0 Å². The second-order valence-corrected chi connectivity index (χ2v) is 8.12. The predicted octanol–water partition coefficient (Wildman–Crippen LogP) is 3.06. The third-order valence-corrected chi connectivity index (χ3v) is 6.57. The molecule has 1 unspecified atom stereocenters. The maximum absolute atomic E-state index is 5.88. The molecule has 26 heavy (non-hydrogen) atoms. The molecule has 0 amide bonds. The first-order valence-electron chi connectivity index (χ1n) is 8.99. The van der Waals surface area contributed by atoms with Crippen LogP contribution in [0.5, 0.6) is 0 Å². The Kier molecular flexibility index (Phi) is 3.63. The smallest absolute Gasteiger partial charge is 0.220 e. The number of nitrogen functional groups attached to an aromatic ring is 1. The lowest BCUT2D eigenvalue weighted by atomic mass is 9.77. The van der Waals surface area contributed by atoms with Crippen LogP contribution in [0, 0.1) is 0 Å². The minimum absolute atomic E-state index is 0.0726. The molecule has 1 saturated heterocycles. The molecule has 0 saturated carbocycles. The Labute approximate surface area is 156 Å². The number of piperidine rings is 1. The fourth-order valence-electron chi connectivity index (χ4n) is 4.29. The van der Waals surface area contributed by atoms with Crippen LogP contribution in [0.4, 0.5) is 11.1 Å². The summed E-state index contributed by atoms with van der Waals surface area (Å²) >= 11 is 1.67. The van der Waals surface area contributed by atoms with Gasteiger partial charge in [-0.15, -0.1) is 10.2 Å². The van der Waals surface area contributed by atoms with Gasteiger partial charge in [0.15, 0.2) is 0 Å². The lowest BCUT2D eigenvalue weighted by molar-refractivity contribution is 0.334. The predicted molar refractivity (Wildman–Crippen MR) is 103 cm³/mol. The van der Waals surface area contributed by atoms with Crippen LogP contribution in [-0.4, -0.2) is 33.3 Å². The van der Waals surface area contributed by atoms with E-state index in [1.165, 1.54) is 5.56 Å². The molecule has 132 valence electrons. The van der Waals surface area contributed by atoms with Crippen LogP contribution in [0.1, 0.15) is 30.5 Å². The van der Waals surface area contributed by atoms with Crippen molar-refractivity contribution in [1.29, 1.82) is 0 Å². The van der Waals surface area contributed by atoms with E-state index in [0.717, 1.165) is 60.2 Å². The molecule has 2 aliphatic rings. The minimum Gasteiger partial charge on any atom is -0.368 e. The summed E-state index contributed by atoms with van der Waals surface area (Å²) in [4.78, 5) is 11.2. The first kappa shape index (κ1) is 15.7. The molecular weight excluding hydrogens is 344 g/mol. The Bertz CT molecular complexity index is 936. The van der Waals surface area contributed by atoms with E-state index in [-0.39, 0.29) is 5.41 Å². The Balaban J connectivity index is 1.44. The molecule has 3 heterocycles. The van der Waals surface area contributed by atoms with Crippen LogP contribution >= 0.6 is 11.3 Å². The Morgan fingerprint density at radius 1 is 1.12 bits per heavy atom. The monoisotopic (exact) mass is 364 g/mol.